The van der Waals surface area contributed by atoms with E-state index in [1.807, 2.05) is 61.5 Å². The van der Waals surface area contributed by atoms with E-state index in [-0.39, 0.29) is 0 Å². The fourth-order valence-corrected chi connectivity index (χ4v) is 4.44. The van der Waals surface area contributed by atoms with E-state index < -0.39 is 5.89 Å². The summed E-state index contributed by atoms with van der Waals surface area (Å²) in [4.78, 5) is 4.66. The van der Waals surface area contributed by atoms with Gasteiger partial charge in [0.05, 0.1) is 5.69 Å². The second kappa shape index (κ2) is 7.10. The van der Waals surface area contributed by atoms with Crippen molar-refractivity contribution in [2.24, 2.45) is 0 Å². The zero-order chi connectivity index (χ0) is 21.7. The number of hydrogen-bond donors (Lipinski definition) is 0. The van der Waals surface area contributed by atoms with Crippen LogP contribution < -0.4 is 0 Å². The summed E-state index contributed by atoms with van der Waals surface area (Å²) in [5.74, 6) is -0.878. The van der Waals surface area contributed by atoms with Crippen molar-refractivity contribution in [3.8, 4) is 11.3 Å². The maximum absolute atomic E-state index is 9.06. The topological polar surface area (TPSA) is 26.0 Å². The summed E-state index contributed by atoms with van der Waals surface area (Å²) in [5, 5.41) is 4.59. The summed E-state index contributed by atoms with van der Waals surface area (Å²) in [6.45, 7) is 1.93. The molecule has 0 saturated carbocycles. The van der Waals surface area contributed by atoms with Crippen molar-refractivity contribution >= 4 is 32.7 Å². The Morgan fingerprint density at radius 2 is 1.58 bits per heavy atom. The average Bonchev–Trinajstić information content (AvgIpc) is 3.24. The predicted octanol–water partition coefficient (Wildman–Crippen LogP) is 7.95. The van der Waals surface area contributed by atoms with E-state index in [0.29, 0.717) is 0 Å². The monoisotopic (exact) mass is 400 g/mol. The lowest BCUT2D eigenvalue weighted by molar-refractivity contribution is 0.670. The van der Waals surface area contributed by atoms with Crippen LogP contribution in [0.5, 0.6) is 0 Å². The van der Waals surface area contributed by atoms with E-state index >= 15 is 0 Å². The maximum Gasteiger partial charge on any atom is 0.144 e. The molecule has 2 heterocycles. The van der Waals surface area contributed by atoms with Gasteiger partial charge in [-0.05, 0) is 46.2 Å². The lowest BCUT2D eigenvalue weighted by atomic mass is 9.92. The Labute approximate surface area is 182 Å². The number of fused-ring (bicyclic) bond motifs is 5. The highest BCUT2D eigenvalue weighted by Crippen LogP contribution is 2.39. The van der Waals surface area contributed by atoms with Gasteiger partial charge in [-0.15, -0.1) is 0 Å². The van der Waals surface area contributed by atoms with Crippen molar-refractivity contribution in [3.63, 3.8) is 0 Å². The molecular formula is C29H21NO. The summed E-state index contributed by atoms with van der Waals surface area (Å²) in [6, 6.07) is 32.6. The molecule has 1 atom stereocenters. The number of benzene rings is 4. The van der Waals surface area contributed by atoms with Crippen LogP contribution in [0.4, 0.5) is 0 Å². The molecule has 6 aromatic rings. The largest absolute Gasteiger partial charge is 0.455 e. The third-order valence-electron chi connectivity index (χ3n) is 6.06. The number of aromatic nitrogens is 1. The van der Waals surface area contributed by atoms with Gasteiger partial charge >= 0.3 is 0 Å². The van der Waals surface area contributed by atoms with E-state index in [4.69, 9.17) is 5.79 Å². The molecule has 0 amide bonds. The quantitative estimate of drug-likeness (QED) is 0.301. The third-order valence-corrected chi connectivity index (χ3v) is 6.06. The van der Waals surface area contributed by atoms with Gasteiger partial charge in [0.1, 0.15) is 11.2 Å². The van der Waals surface area contributed by atoms with Crippen LogP contribution in [-0.4, -0.2) is 4.98 Å². The van der Waals surface area contributed by atoms with Crippen LogP contribution >= 0.6 is 0 Å². The molecule has 0 bridgehead atoms. The fraction of sp³-hybridized carbons (Fsp3) is 0.0690. The van der Waals surface area contributed by atoms with Crippen molar-refractivity contribution in [2.75, 3.05) is 0 Å². The van der Waals surface area contributed by atoms with Crippen molar-refractivity contribution in [3.05, 3.63) is 114 Å². The minimum absolute atomic E-state index is 0.811. The SMILES string of the molecule is [2H]C(C)(c1ccccc1)c1ccnc(-c2cccc3c2oc2ccc4ccccc4c23)c1. The number of rotatable bonds is 3. The number of nitrogens with zero attached hydrogens (tertiary/aromatic N) is 1. The average molecular weight is 400 g/mol. The van der Waals surface area contributed by atoms with E-state index in [1.54, 1.807) is 6.20 Å². The van der Waals surface area contributed by atoms with E-state index in [1.165, 1.54) is 10.8 Å². The number of para-hydroxylation sites is 1. The lowest BCUT2D eigenvalue weighted by Crippen LogP contribution is -1.97. The van der Waals surface area contributed by atoms with Gasteiger partial charge in [-0.1, -0.05) is 79.7 Å². The number of hydrogen-bond acceptors (Lipinski definition) is 2. The van der Waals surface area contributed by atoms with Gasteiger partial charge in [0.15, 0.2) is 0 Å². The molecular weight excluding hydrogens is 378 g/mol. The molecule has 0 fully saturated rings. The predicted molar refractivity (Wildman–Crippen MR) is 128 cm³/mol. The molecule has 0 spiro atoms. The van der Waals surface area contributed by atoms with Gasteiger partial charge < -0.3 is 4.42 Å². The molecule has 0 N–H and O–H groups in total. The second-order valence-corrected chi connectivity index (χ2v) is 7.86. The third kappa shape index (κ3) is 2.91. The van der Waals surface area contributed by atoms with Gasteiger partial charge in [0.2, 0.25) is 0 Å². The first-order chi connectivity index (χ1) is 15.6. The van der Waals surface area contributed by atoms with Crippen LogP contribution in [0.25, 0.3) is 44.0 Å². The second-order valence-electron chi connectivity index (χ2n) is 7.86. The number of pyridine rings is 1. The van der Waals surface area contributed by atoms with E-state index in [2.05, 4.69) is 47.4 Å². The standard InChI is InChI=1S/C29H21NO/c1-19(20-8-3-2-4-9-20)22-16-17-30-26(18-22)24-12-7-13-25-28-23-11-6-5-10-21(23)14-15-27(28)31-29(24)25/h2-19H,1H3/i19D. The van der Waals surface area contributed by atoms with Gasteiger partial charge in [-0.25, -0.2) is 0 Å². The highest BCUT2D eigenvalue weighted by molar-refractivity contribution is 6.20. The van der Waals surface area contributed by atoms with Crippen LogP contribution in [0.1, 0.15) is 25.3 Å². The Bertz CT molecular complexity index is 1600. The zero-order valence-corrected chi connectivity index (χ0v) is 17.2. The lowest BCUT2D eigenvalue weighted by Gasteiger charge is -2.13. The highest BCUT2D eigenvalue weighted by atomic mass is 16.3. The van der Waals surface area contributed by atoms with E-state index in [0.717, 1.165) is 44.3 Å². The van der Waals surface area contributed by atoms with Gasteiger partial charge in [0, 0.05) is 29.8 Å². The molecule has 6 rings (SSSR count). The smallest absolute Gasteiger partial charge is 0.144 e. The van der Waals surface area contributed by atoms with Gasteiger partial charge in [0.25, 0.3) is 0 Å². The van der Waals surface area contributed by atoms with Crippen molar-refractivity contribution < 1.29 is 5.79 Å². The summed E-state index contributed by atoms with van der Waals surface area (Å²) in [7, 11) is 0. The molecule has 148 valence electrons. The zero-order valence-electron chi connectivity index (χ0n) is 18.2. The molecule has 2 heteroatoms. The van der Waals surface area contributed by atoms with Gasteiger partial charge in [-0.3, -0.25) is 4.98 Å². The molecule has 0 aliphatic rings. The summed E-state index contributed by atoms with van der Waals surface area (Å²) < 4.78 is 15.4. The van der Waals surface area contributed by atoms with Gasteiger partial charge in [-0.2, -0.15) is 0 Å². The van der Waals surface area contributed by atoms with Crippen LogP contribution in [0.15, 0.2) is 108 Å². The normalized spacial score (nSPS) is 14.0. The maximum atomic E-state index is 9.06. The molecule has 2 aromatic heterocycles. The minimum atomic E-state index is -0.878. The van der Waals surface area contributed by atoms with Crippen LogP contribution in [0.3, 0.4) is 0 Å². The first-order valence-electron chi connectivity index (χ1n) is 11.0. The highest BCUT2D eigenvalue weighted by Gasteiger charge is 2.16. The first-order valence-corrected chi connectivity index (χ1v) is 10.5. The first kappa shape index (κ1) is 16.8. The summed E-state index contributed by atoms with van der Waals surface area (Å²) >= 11 is 0. The van der Waals surface area contributed by atoms with Crippen LogP contribution in [0.2, 0.25) is 0 Å². The van der Waals surface area contributed by atoms with Crippen LogP contribution in [-0.2, 0) is 0 Å². The Hall–Kier alpha value is -3.91. The molecule has 0 saturated heterocycles. The van der Waals surface area contributed by atoms with E-state index in [9.17, 15) is 0 Å². The molecule has 1 unspecified atom stereocenters. The molecule has 31 heavy (non-hydrogen) atoms. The van der Waals surface area contributed by atoms with Crippen LogP contribution in [0, 0.1) is 0 Å². The van der Waals surface area contributed by atoms with Crippen molar-refractivity contribution in [2.45, 2.75) is 12.8 Å². The number of furan rings is 1. The minimum Gasteiger partial charge on any atom is -0.455 e. The Balaban J connectivity index is 1.57. The molecule has 0 aliphatic carbocycles. The Morgan fingerprint density at radius 1 is 0.774 bits per heavy atom. The molecule has 0 aliphatic heterocycles. The Kier molecular flexibility index (Phi) is 3.86. The molecule has 0 radical (unpaired) electrons. The fourth-order valence-electron chi connectivity index (χ4n) is 4.44. The summed E-state index contributed by atoms with van der Waals surface area (Å²) in [5.41, 5.74) is 5.30. The summed E-state index contributed by atoms with van der Waals surface area (Å²) in [6.07, 6.45) is 1.79. The van der Waals surface area contributed by atoms with Crippen molar-refractivity contribution in [1.29, 1.82) is 0 Å². The Morgan fingerprint density at radius 3 is 2.48 bits per heavy atom. The molecule has 4 aromatic carbocycles. The molecule has 2 nitrogen and oxygen atoms in total. The van der Waals surface area contributed by atoms with Crippen molar-refractivity contribution in [1.82, 2.24) is 4.98 Å².